The molecule has 6 heteroatoms. The largest absolute Gasteiger partial charge is 0.493 e. The Hall–Kier alpha value is -3.20. The summed E-state index contributed by atoms with van der Waals surface area (Å²) in [6.45, 7) is 2.28. The van der Waals surface area contributed by atoms with E-state index in [1.54, 1.807) is 42.5 Å². The highest BCUT2D eigenvalue weighted by Crippen LogP contribution is 2.30. The van der Waals surface area contributed by atoms with Crippen LogP contribution in [0, 0.1) is 11.3 Å². The van der Waals surface area contributed by atoms with Crippen LogP contribution < -0.4 is 19.5 Å². The lowest BCUT2D eigenvalue weighted by Crippen LogP contribution is -2.20. The first-order chi connectivity index (χ1) is 11.7. The molecule has 1 amide bonds. The number of amides is 1. The minimum Gasteiger partial charge on any atom is -0.493 e. The maximum atomic E-state index is 12.0. The molecular weight excluding hydrogens is 308 g/mol. The number of hydrogen-bond donors (Lipinski definition) is 1. The molecule has 0 fully saturated rings. The summed E-state index contributed by atoms with van der Waals surface area (Å²) < 4.78 is 16.0. The first-order valence-corrected chi connectivity index (χ1v) is 7.40. The molecule has 1 N–H and O–H groups in total. The lowest BCUT2D eigenvalue weighted by molar-refractivity contribution is -0.118. The van der Waals surface area contributed by atoms with E-state index in [1.807, 2.05) is 13.0 Å². The molecule has 6 nitrogen and oxygen atoms in total. The Morgan fingerprint density at radius 1 is 1.12 bits per heavy atom. The van der Waals surface area contributed by atoms with Gasteiger partial charge >= 0.3 is 0 Å². The van der Waals surface area contributed by atoms with Gasteiger partial charge in [-0.1, -0.05) is 0 Å². The highest BCUT2D eigenvalue weighted by atomic mass is 16.5. The fourth-order valence-corrected chi connectivity index (χ4v) is 1.99. The van der Waals surface area contributed by atoms with Crippen LogP contribution in [0.1, 0.15) is 12.5 Å². The molecule has 2 rings (SSSR count). The molecule has 0 aliphatic carbocycles. The minimum absolute atomic E-state index is 0.137. The van der Waals surface area contributed by atoms with Crippen molar-refractivity contribution in [3.8, 4) is 23.3 Å². The fraction of sp³-hybridized carbons (Fsp3) is 0.222. The van der Waals surface area contributed by atoms with E-state index in [9.17, 15) is 4.79 Å². The molecule has 0 aliphatic rings. The second-order valence-electron chi connectivity index (χ2n) is 4.77. The zero-order valence-electron chi connectivity index (χ0n) is 13.5. The van der Waals surface area contributed by atoms with Crippen LogP contribution in [0.3, 0.4) is 0 Å². The average molecular weight is 326 g/mol. The molecule has 0 radical (unpaired) electrons. The quantitative estimate of drug-likeness (QED) is 0.846. The first-order valence-electron chi connectivity index (χ1n) is 7.40. The van der Waals surface area contributed by atoms with E-state index in [2.05, 4.69) is 5.32 Å². The Bertz CT molecular complexity index is 736. The molecule has 24 heavy (non-hydrogen) atoms. The number of carbonyl (C=O) groups is 1. The number of nitrogens with one attached hydrogen (secondary N) is 1. The van der Waals surface area contributed by atoms with E-state index in [1.165, 1.54) is 7.11 Å². The van der Waals surface area contributed by atoms with E-state index in [0.717, 1.165) is 0 Å². The van der Waals surface area contributed by atoms with Gasteiger partial charge in [-0.15, -0.1) is 0 Å². The number of methoxy groups -OCH3 is 1. The predicted molar refractivity (Wildman–Crippen MR) is 89.4 cm³/mol. The lowest BCUT2D eigenvalue weighted by atomic mass is 10.2. The Morgan fingerprint density at radius 3 is 2.50 bits per heavy atom. The Kier molecular flexibility index (Phi) is 6.03. The second kappa shape index (κ2) is 8.44. The molecule has 124 valence electrons. The highest BCUT2D eigenvalue weighted by molar-refractivity contribution is 5.92. The number of nitriles is 1. The van der Waals surface area contributed by atoms with Crippen molar-refractivity contribution in [2.75, 3.05) is 25.6 Å². The van der Waals surface area contributed by atoms with Gasteiger partial charge < -0.3 is 19.5 Å². The van der Waals surface area contributed by atoms with E-state index >= 15 is 0 Å². The van der Waals surface area contributed by atoms with Gasteiger partial charge in [-0.05, 0) is 43.3 Å². The van der Waals surface area contributed by atoms with Gasteiger partial charge in [0.1, 0.15) is 5.75 Å². The molecule has 0 atom stereocenters. The third-order valence-corrected chi connectivity index (χ3v) is 3.10. The van der Waals surface area contributed by atoms with Crippen LogP contribution in [0.2, 0.25) is 0 Å². The molecular formula is C18H18N2O4. The Balaban J connectivity index is 1.93. The van der Waals surface area contributed by atoms with Gasteiger partial charge in [0.15, 0.2) is 18.1 Å². The molecule has 0 heterocycles. The smallest absolute Gasteiger partial charge is 0.262 e. The molecule has 0 saturated carbocycles. The van der Waals surface area contributed by atoms with Crippen molar-refractivity contribution >= 4 is 11.6 Å². The molecule has 0 bridgehead atoms. The lowest BCUT2D eigenvalue weighted by Gasteiger charge is -2.12. The maximum Gasteiger partial charge on any atom is 0.262 e. The van der Waals surface area contributed by atoms with Crippen molar-refractivity contribution in [2.45, 2.75) is 6.92 Å². The monoisotopic (exact) mass is 326 g/mol. The molecule has 0 aliphatic heterocycles. The number of ether oxygens (including phenoxy) is 3. The van der Waals surface area contributed by atoms with Crippen molar-refractivity contribution in [2.24, 2.45) is 0 Å². The summed E-state index contributed by atoms with van der Waals surface area (Å²) in [4.78, 5) is 12.0. The number of hydrogen-bond acceptors (Lipinski definition) is 5. The van der Waals surface area contributed by atoms with Gasteiger partial charge in [0.25, 0.3) is 5.91 Å². The van der Waals surface area contributed by atoms with E-state index in [0.29, 0.717) is 35.1 Å². The van der Waals surface area contributed by atoms with E-state index in [-0.39, 0.29) is 12.5 Å². The molecule has 0 spiro atoms. The summed E-state index contributed by atoms with van der Waals surface area (Å²) in [7, 11) is 1.54. The SMILES string of the molecule is CCOc1ccc(NC(=O)COc2ccc(C#N)cc2)cc1OC. The topological polar surface area (TPSA) is 80.6 Å². The molecule has 0 unspecified atom stereocenters. The van der Waals surface area contributed by atoms with Gasteiger partial charge in [0, 0.05) is 11.8 Å². The summed E-state index contributed by atoms with van der Waals surface area (Å²) in [5.74, 6) is 1.38. The normalized spacial score (nSPS) is 9.71. The zero-order chi connectivity index (χ0) is 17.4. The van der Waals surface area contributed by atoms with Crippen molar-refractivity contribution in [3.63, 3.8) is 0 Å². The highest BCUT2D eigenvalue weighted by Gasteiger charge is 2.08. The summed E-state index contributed by atoms with van der Waals surface area (Å²) in [5, 5.41) is 11.5. The fourth-order valence-electron chi connectivity index (χ4n) is 1.99. The van der Waals surface area contributed by atoms with Gasteiger partial charge in [0.2, 0.25) is 0 Å². The molecule has 0 saturated heterocycles. The average Bonchev–Trinajstić information content (AvgIpc) is 2.62. The van der Waals surface area contributed by atoms with Crippen molar-refractivity contribution in [1.82, 2.24) is 0 Å². The molecule has 0 aromatic heterocycles. The summed E-state index contributed by atoms with van der Waals surface area (Å²) in [6.07, 6.45) is 0. The zero-order valence-corrected chi connectivity index (χ0v) is 13.5. The molecule has 2 aromatic rings. The standard InChI is InChI=1S/C18H18N2O4/c1-3-23-16-9-6-14(10-17(16)22-2)20-18(21)12-24-15-7-4-13(11-19)5-8-15/h4-10H,3,12H2,1-2H3,(H,20,21). The first kappa shape index (κ1) is 17.2. The van der Waals surface area contributed by atoms with Crippen LogP contribution in [-0.2, 0) is 4.79 Å². The Labute approximate surface area is 140 Å². The number of carbonyl (C=O) groups excluding carboxylic acids is 1. The minimum atomic E-state index is -0.300. The van der Waals surface area contributed by atoms with Crippen LogP contribution in [-0.4, -0.2) is 26.2 Å². The number of anilines is 1. The summed E-state index contributed by atoms with van der Waals surface area (Å²) in [5.41, 5.74) is 1.12. The second-order valence-corrected chi connectivity index (χ2v) is 4.77. The predicted octanol–water partition coefficient (Wildman–Crippen LogP) is 2.98. The van der Waals surface area contributed by atoms with Crippen LogP contribution in [0.15, 0.2) is 42.5 Å². The van der Waals surface area contributed by atoms with E-state index < -0.39 is 0 Å². The van der Waals surface area contributed by atoms with E-state index in [4.69, 9.17) is 19.5 Å². The van der Waals surface area contributed by atoms with Crippen molar-refractivity contribution < 1.29 is 19.0 Å². The third kappa shape index (κ3) is 4.65. The number of nitrogens with zero attached hydrogens (tertiary/aromatic N) is 1. The van der Waals surface area contributed by atoms with Crippen molar-refractivity contribution in [3.05, 3.63) is 48.0 Å². The van der Waals surface area contributed by atoms with Crippen LogP contribution in [0.5, 0.6) is 17.2 Å². The number of rotatable bonds is 7. The van der Waals surface area contributed by atoms with Gasteiger partial charge in [0.05, 0.1) is 25.3 Å². The van der Waals surface area contributed by atoms with Crippen LogP contribution in [0.4, 0.5) is 5.69 Å². The van der Waals surface area contributed by atoms with Gasteiger partial charge in [-0.2, -0.15) is 5.26 Å². The third-order valence-electron chi connectivity index (χ3n) is 3.10. The van der Waals surface area contributed by atoms with Gasteiger partial charge in [-0.3, -0.25) is 4.79 Å². The van der Waals surface area contributed by atoms with Gasteiger partial charge in [-0.25, -0.2) is 0 Å². The number of benzene rings is 2. The van der Waals surface area contributed by atoms with Crippen molar-refractivity contribution in [1.29, 1.82) is 5.26 Å². The summed E-state index contributed by atoms with van der Waals surface area (Å²) in [6, 6.07) is 13.7. The Morgan fingerprint density at radius 2 is 1.88 bits per heavy atom. The van der Waals surface area contributed by atoms with Crippen LogP contribution in [0.25, 0.3) is 0 Å². The maximum absolute atomic E-state index is 12.0. The summed E-state index contributed by atoms with van der Waals surface area (Å²) >= 11 is 0. The molecule has 2 aromatic carbocycles. The van der Waals surface area contributed by atoms with Crippen LogP contribution >= 0.6 is 0 Å².